The van der Waals surface area contributed by atoms with Gasteiger partial charge in [0.05, 0.1) is 5.39 Å². The van der Waals surface area contributed by atoms with E-state index >= 15 is 0 Å². The van der Waals surface area contributed by atoms with E-state index in [4.69, 9.17) is 10.2 Å². The first kappa shape index (κ1) is 16.8. The van der Waals surface area contributed by atoms with E-state index in [0.717, 1.165) is 18.7 Å². The first-order valence-corrected chi connectivity index (χ1v) is 9.63. The summed E-state index contributed by atoms with van der Waals surface area (Å²) in [5.41, 5.74) is 7.23. The number of rotatable bonds is 3. The predicted molar refractivity (Wildman–Crippen MR) is 109 cm³/mol. The maximum atomic E-state index is 13.2. The normalized spacial score (nSPS) is 15.3. The van der Waals surface area contributed by atoms with Gasteiger partial charge in [-0.15, -0.1) is 0 Å². The molecule has 0 saturated heterocycles. The van der Waals surface area contributed by atoms with Crippen molar-refractivity contribution in [2.45, 2.75) is 38.1 Å². The SMILES string of the molecule is Nc1oc2ccccc2c(=O)c1-c1nc2ncccn2c1NC1CCCCC1. The van der Waals surface area contributed by atoms with Gasteiger partial charge in [-0.3, -0.25) is 9.20 Å². The van der Waals surface area contributed by atoms with Crippen LogP contribution in [-0.4, -0.2) is 20.4 Å². The minimum absolute atomic E-state index is 0.0683. The van der Waals surface area contributed by atoms with E-state index in [9.17, 15) is 4.79 Å². The second kappa shape index (κ2) is 6.67. The summed E-state index contributed by atoms with van der Waals surface area (Å²) < 4.78 is 7.62. The molecule has 0 atom stereocenters. The summed E-state index contributed by atoms with van der Waals surface area (Å²) >= 11 is 0. The van der Waals surface area contributed by atoms with Gasteiger partial charge < -0.3 is 15.5 Å². The Balaban J connectivity index is 1.74. The Kier molecular flexibility index (Phi) is 4.00. The molecule has 1 aromatic carbocycles. The van der Waals surface area contributed by atoms with Crippen LogP contribution in [0.2, 0.25) is 0 Å². The zero-order chi connectivity index (χ0) is 19.1. The molecule has 0 aliphatic heterocycles. The number of anilines is 2. The van der Waals surface area contributed by atoms with Crippen LogP contribution in [0.15, 0.2) is 51.9 Å². The maximum absolute atomic E-state index is 13.2. The minimum Gasteiger partial charge on any atom is -0.440 e. The Morgan fingerprint density at radius 2 is 1.96 bits per heavy atom. The molecule has 0 unspecified atom stereocenters. The van der Waals surface area contributed by atoms with Crippen LogP contribution < -0.4 is 16.5 Å². The molecule has 4 aromatic rings. The van der Waals surface area contributed by atoms with Crippen LogP contribution in [0.4, 0.5) is 11.7 Å². The fraction of sp³-hybridized carbons (Fsp3) is 0.286. The van der Waals surface area contributed by atoms with E-state index in [-0.39, 0.29) is 16.9 Å². The third kappa shape index (κ3) is 2.70. The van der Waals surface area contributed by atoms with Gasteiger partial charge in [-0.2, -0.15) is 0 Å². The van der Waals surface area contributed by atoms with Gasteiger partial charge >= 0.3 is 0 Å². The molecule has 7 heteroatoms. The van der Waals surface area contributed by atoms with Crippen LogP contribution in [0.1, 0.15) is 32.1 Å². The molecule has 3 heterocycles. The van der Waals surface area contributed by atoms with Crippen LogP contribution in [0.25, 0.3) is 28.0 Å². The molecular weight excluding hydrogens is 354 g/mol. The number of fused-ring (bicyclic) bond motifs is 2. The molecule has 7 nitrogen and oxygen atoms in total. The van der Waals surface area contributed by atoms with Gasteiger partial charge in [0.25, 0.3) is 0 Å². The number of nitrogens with two attached hydrogens (primary N) is 1. The summed E-state index contributed by atoms with van der Waals surface area (Å²) in [4.78, 5) is 22.2. The zero-order valence-corrected chi connectivity index (χ0v) is 15.4. The topological polar surface area (TPSA) is 98.5 Å². The lowest BCUT2D eigenvalue weighted by Gasteiger charge is -2.24. The van der Waals surface area contributed by atoms with Crippen molar-refractivity contribution in [3.63, 3.8) is 0 Å². The van der Waals surface area contributed by atoms with Gasteiger partial charge in [0.2, 0.25) is 17.1 Å². The number of nitrogens with zero attached hydrogens (tertiary/aromatic N) is 3. The van der Waals surface area contributed by atoms with E-state index in [1.165, 1.54) is 19.3 Å². The van der Waals surface area contributed by atoms with E-state index in [2.05, 4.69) is 15.3 Å². The largest absolute Gasteiger partial charge is 0.440 e. The minimum atomic E-state index is -0.186. The van der Waals surface area contributed by atoms with Crippen LogP contribution in [0.5, 0.6) is 0 Å². The predicted octanol–water partition coefficient (Wildman–Crippen LogP) is 3.83. The van der Waals surface area contributed by atoms with Gasteiger partial charge in [0.15, 0.2) is 0 Å². The van der Waals surface area contributed by atoms with Gasteiger partial charge in [0.1, 0.15) is 22.7 Å². The quantitative estimate of drug-likeness (QED) is 0.565. The fourth-order valence-electron chi connectivity index (χ4n) is 4.02. The molecule has 28 heavy (non-hydrogen) atoms. The van der Waals surface area contributed by atoms with E-state index in [1.54, 1.807) is 18.3 Å². The highest BCUT2D eigenvalue weighted by atomic mass is 16.3. The number of hydrogen-bond donors (Lipinski definition) is 2. The molecular formula is C21H21N5O2. The third-order valence-corrected chi connectivity index (χ3v) is 5.41. The number of imidazole rings is 1. The van der Waals surface area contributed by atoms with Crippen molar-refractivity contribution in [3.8, 4) is 11.3 Å². The number of benzene rings is 1. The summed E-state index contributed by atoms with van der Waals surface area (Å²) in [7, 11) is 0. The number of nitrogens with one attached hydrogen (secondary N) is 1. The van der Waals surface area contributed by atoms with Gasteiger partial charge in [-0.25, -0.2) is 9.97 Å². The molecule has 142 valence electrons. The lowest BCUT2D eigenvalue weighted by atomic mass is 9.95. The number of para-hydroxylation sites is 1. The average molecular weight is 375 g/mol. The van der Waals surface area contributed by atoms with Crippen molar-refractivity contribution >= 4 is 28.4 Å². The Morgan fingerprint density at radius 3 is 2.82 bits per heavy atom. The highest BCUT2D eigenvalue weighted by Crippen LogP contribution is 2.33. The molecule has 0 radical (unpaired) electrons. The van der Waals surface area contributed by atoms with Crippen LogP contribution in [0, 0.1) is 0 Å². The van der Waals surface area contributed by atoms with E-state index in [0.29, 0.717) is 28.5 Å². The van der Waals surface area contributed by atoms with Crippen molar-refractivity contribution in [1.82, 2.24) is 14.4 Å². The van der Waals surface area contributed by atoms with Crippen molar-refractivity contribution in [2.75, 3.05) is 11.1 Å². The van der Waals surface area contributed by atoms with Gasteiger partial charge in [0, 0.05) is 18.4 Å². The molecule has 3 aromatic heterocycles. The van der Waals surface area contributed by atoms with Crippen molar-refractivity contribution in [3.05, 3.63) is 52.9 Å². The zero-order valence-electron chi connectivity index (χ0n) is 15.4. The molecule has 3 N–H and O–H groups in total. The lowest BCUT2D eigenvalue weighted by Crippen LogP contribution is -2.23. The van der Waals surface area contributed by atoms with Crippen LogP contribution >= 0.6 is 0 Å². The third-order valence-electron chi connectivity index (χ3n) is 5.41. The second-order valence-corrected chi connectivity index (χ2v) is 7.24. The maximum Gasteiger partial charge on any atom is 0.235 e. The summed E-state index contributed by atoms with van der Waals surface area (Å²) in [5, 5.41) is 4.08. The first-order chi connectivity index (χ1) is 13.7. The standard InChI is InChI=1S/C21H21N5O2/c22-19-16(18(27)14-9-4-5-10-15(14)28-19)17-20(24-13-7-2-1-3-8-13)26-12-6-11-23-21(26)25-17/h4-6,9-13,24H,1-3,7-8,22H2. The van der Waals surface area contributed by atoms with E-state index in [1.807, 2.05) is 28.8 Å². The molecule has 1 aliphatic rings. The fourth-order valence-corrected chi connectivity index (χ4v) is 4.02. The molecule has 1 fully saturated rings. The van der Waals surface area contributed by atoms with Gasteiger partial charge in [-0.1, -0.05) is 31.4 Å². The molecule has 0 spiro atoms. The van der Waals surface area contributed by atoms with Crippen LogP contribution in [-0.2, 0) is 0 Å². The Bertz CT molecular complexity index is 1220. The first-order valence-electron chi connectivity index (χ1n) is 9.63. The smallest absolute Gasteiger partial charge is 0.235 e. The van der Waals surface area contributed by atoms with E-state index < -0.39 is 0 Å². The summed E-state index contributed by atoms with van der Waals surface area (Å²) in [6, 6.07) is 9.29. The highest BCUT2D eigenvalue weighted by molar-refractivity contribution is 5.89. The summed E-state index contributed by atoms with van der Waals surface area (Å²) in [5.74, 6) is 1.32. The molecule has 5 rings (SSSR count). The number of hydrogen-bond acceptors (Lipinski definition) is 6. The summed E-state index contributed by atoms with van der Waals surface area (Å²) in [6.07, 6.45) is 9.42. The number of nitrogen functional groups attached to an aromatic ring is 1. The molecule has 1 saturated carbocycles. The molecule has 0 bridgehead atoms. The second-order valence-electron chi connectivity index (χ2n) is 7.24. The lowest BCUT2D eigenvalue weighted by molar-refractivity contribution is 0.461. The Morgan fingerprint density at radius 1 is 1.14 bits per heavy atom. The highest BCUT2D eigenvalue weighted by Gasteiger charge is 2.24. The molecule has 1 aliphatic carbocycles. The van der Waals surface area contributed by atoms with Crippen molar-refractivity contribution in [1.29, 1.82) is 0 Å². The molecule has 0 amide bonds. The van der Waals surface area contributed by atoms with Crippen molar-refractivity contribution in [2.24, 2.45) is 0 Å². The Hall–Kier alpha value is -3.35. The van der Waals surface area contributed by atoms with Crippen molar-refractivity contribution < 1.29 is 4.42 Å². The van der Waals surface area contributed by atoms with Crippen LogP contribution in [0.3, 0.4) is 0 Å². The van der Waals surface area contributed by atoms with Gasteiger partial charge in [-0.05, 0) is 31.0 Å². The monoisotopic (exact) mass is 375 g/mol. The number of aromatic nitrogens is 3. The summed E-state index contributed by atoms with van der Waals surface area (Å²) in [6.45, 7) is 0. The Labute approximate surface area is 161 Å². The average Bonchev–Trinajstić information content (AvgIpc) is 3.07.